The Kier molecular flexibility index (Phi) is 4.68. The van der Waals surface area contributed by atoms with Gasteiger partial charge in [0.05, 0.1) is 27.7 Å². The number of ether oxygens (including phenoxy) is 1. The molecule has 0 aliphatic carbocycles. The van der Waals surface area contributed by atoms with Crippen molar-refractivity contribution in [2.75, 3.05) is 0 Å². The summed E-state index contributed by atoms with van der Waals surface area (Å²) in [6.07, 6.45) is 0.987. The predicted octanol–water partition coefficient (Wildman–Crippen LogP) is 4.35. The third-order valence-electron chi connectivity index (χ3n) is 4.22. The Morgan fingerprint density at radius 2 is 2.11 bits per heavy atom. The first-order chi connectivity index (χ1) is 13.4. The number of nitrogens with zero attached hydrogens (tertiary/aromatic N) is 5. The van der Waals surface area contributed by atoms with Gasteiger partial charge in [-0.1, -0.05) is 6.07 Å². The fraction of sp³-hybridized carbons (Fsp3) is 0.316. The third kappa shape index (κ3) is 3.29. The Morgan fingerprint density at radius 3 is 2.75 bits per heavy atom. The number of carbonyl (C=O) groups excluding carboxylic acids is 1. The Balaban J connectivity index is 1.77. The largest absolute Gasteiger partial charge is 0.449 e. The lowest BCUT2D eigenvalue weighted by atomic mass is 10.1. The SMILES string of the molecule is Cc1nnc(C(C)OC(=O)c2cc(-c3cccs3)nc3c2cnn3C(C)C)o1. The van der Waals surface area contributed by atoms with E-state index in [4.69, 9.17) is 14.1 Å². The summed E-state index contributed by atoms with van der Waals surface area (Å²) in [6.45, 7) is 7.42. The standard InChI is InChI=1S/C19H19N5O3S/c1-10(2)24-17-14(9-20-24)13(8-15(21-17)16-6-5-7-28-16)19(25)26-11(3)18-23-22-12(4)27-18/h5-11H,1-4H3. The van der Waals surface area contributed by atoms with E-state index in [-0.39, 0.29) is 11.9 Å². The van der Waals surface area contributed by atoms with Gasteiger partial charge in [0, 0.05) is 13.0 Å². The lowest BCUT2D eigenvalue weighted by Gasteiger charge is -2.12. The van der Waals surface area contributed by atoms with Crippen molar-refractivity contribution in [3.8, 4) is 10.6 Å². The molecule has 9 heteroatoms. The molecule has 8 nitrogen and oxygen atoms in total. The molecule has 1 unspecified atom stereocenters. The molecule has 28 heavy (non-hydrogen) atoms. The molecule has 144 valence electrons. The lowest BCUT2D eigenvalue weighted by Crippen LogP contribution is -2.11. The van der Waals surface area contributed by atoms with Crippen molar-refractivity contribution in [1.29, 1.82) is 0 Å². The number of rotatable bonds is 5. The third-order valence-corrected chi connectivity index (χ3v) is 5.12. The molecule has 0 radical (unpaired) electrons. The molecule has 1 atom stereocenters. The minimum absolute atomic E-state index is 0.104. The maximum Gasteiger partial charge on any atom is 0.339 e. The molecule has 0 aliphatic rings. The van der Waals surface area contributed by atoms with Gasteiger partial charge >= 0.3 is 5.97 Å². The van der Waals surface area contributed by atoms with Gasteiger partial charge in [0.25, 0.3) is 5.89 Å². The molecule has 0 aromatic carbocycles. The summed E-state index contributed by atoms with van der Waals surface area (Å²) in [4.78, 5) is 18.7. The number of aryl methyl sites for hydroxylation is 1. The van der Waals surface area contributed by atoms with Crippen LogP contribution in [0.15, 0.2) is 34.2 Å². The second-order valence-corrected chi connectivity index (χ2v) is 7.61. The molecule has 0 fully saturated rings. The van der Waals surface area contributed by atoms with Crippen molar-refractivity contribution in [1.82, 2.24) is 25.0 Å². The molecule has 0 saturated carbocycles. The Morgan fingerprint density at radius 1 is 1.29 bits per heavy atom. The summed E-state index contributed by atoms with van der Waals surface area (Å²) in [5, 5.41) is 14.7. The summed E-state index contributed by atoms with van der Waals surface area (Å²) in [7, 11) is 0. The molecule has 0 bridgehead atoms. The van der Waals surface area contributed by atoms with E-state index in [1.807, 2.05) is 31.4 Å². The molecule has 0 N–H and O–H groups in total. The van der Waals surface area contributed by atoms with E-state index in [1.54, 1.807) is 42.1 Å². The van der Waals surface area contributed by atoms with E-state index in [0.717, 1.165) is 4.88 Å². The number of aromatic nitrogens is 5. The Labute approximate surface area is 165 Å². The minimum Gasteiger partial charge on any atom is -0.449 e. The minimum atomic E-state index is -0.665. The second-order valence-electron chi connectivity index (χ2n) is 6.66. The van der Waals surface area contributed by atoms with Crippen LogP contribution in [0.3, 0.4) is 0 Å². The number of hydrogen-bond acceptors (Lipinski definition) is 8. The highest BCUT2D eigenvalue weighted by Crippen LogP contribution is 2.30. The molecule has 0 amide bonds. The number of fused-ring (bicyclic) bond motifs is 1. The number of pyridine rings is 1. The topological polar surface area (TPSA) is 95.9 Å². The van der Waals surface area contributed by atoms with Crippen LogP contribution in [0.2, 0.25) is 0 Å². The van der Waals surface area contributed by atoms with Gasteiger partial charge in [-0.05, 0) is 38.3 Å². The number of thiophene rings is 1. The fourth-order valence-corrected chi connectivity index (χ4v) is 3.55. The first-order valence-corrected chi connectivity index (χ1v) is 9.75. The van der Waals surface area contributed by atoms with Crippen LogP contribution in [0.1, 0.15) is 55.1 Å². The maximum atomic E-state index is 13.0. The highest BCUT2D eigenvalue weighted by molar-refractivity contribution is 7.13. The molecule has 0 aliphatic heterocycles. The summed E-state index contributed by atoms with van der Waals surface area (Å²) >= 11 is 1.56. The number of carbonyl (C=O) groups is 1. The van der Waals surface area contributed by atoms with E-state index in [2.05, 4.69) is 15.3 Å². The van der Waals surface area contributed by atoms with Crippen molar-refractivity contribution >= 4 is 28.3 Å². The van der Waals surface area contributed by atoms with Gasteiger partial charge in [-0.3, -0.25) is 0 Å². The van der Waals surface area contributed by atoms with Gasteiger partial charge in [0.15, 0.2) is 11.8 Å². The first-order valence-electron chi connectivity index (χ1n) is 8.87. The van der Waals surface area contributed by atoms with Gasteiger partial charge < -0.3 is 9.15 Å². The van der Waals surface area contributed by atoms with Crippen molar-refractivity contribution in [3.05, 3.63) is 47.1 Å². The monoisotopic (exact) mass is 397 g/mol. The van der Waals surface area contributed by atoms with Crippen molar-refractivity contribution < 1.29 is 13.9 Å². The lowest BCUT2D eigenvalue weighted by molar-refractivity contribution is 0.0279. The molecule has 4 rings (SSSR count). The zero-order valence-corrected chi connectivity index (χ0v) is 16.7. The normalized spacial score (nSPS) is 12.6. The summed E-state index contributed by atoms with van der Waals surface area (Å²) in [6, 6.07) is 5.76. The molecule has 4 heterocycles. The average Bonchev–Trinajstić information content (AvgIpc) is 3.40. The van der Waals surface area contributed by atoms with Crippen molar-refractivity contribution in [2.24, 2.45) is 0 Å². The van der Waals surface area contributed by atoms with Crippen LogP contribution in [0, 0.1) is 6.92 Å². The Hall–Kier alpha value is -3.07. The molecular weight excluding hydrogens is 378 g/mol. The van der Waals surface area contributed by atoms with Gasteiger partial charge in [0.1, 0.15) is 0 Å². The molecule has 4 aromatic rings. The van der Waals surface area contributed by atoms with Gasteiger partial charge in [0.2, 0.25) is 5.89 Å². The summed E-state index contributed by atoms with van der Waals surface area (Å²) < 4.78 is 12.8. The van der Waals surface area contributed by atoms with E-state index in [1.165, 1.54) is 0 Å². The van der Waals surface area contributed by atoms with E-state index in [0.29, 0.717) is 28.2 Å². The van der Waals surface area contributed by atoms with Gasteiger partial charge in [-0.2, -0.15) is 5.10 Å². The van der Waals surface area contributed by atoms with Crippen molar-refractivity contribution in [3.63, 3.8) is 0 Å². The van der Waals surface area contributed by atoms with E-state index >= 15 is 0 Å². The van der Waals surface area contributed by atoms with Gasteiger partial charge in [-0.15, -0.1) is 21.5 Å². The zero-order valence-electron chi connectivity index (χ0n) is 15.9. The second kappa shape index (κ2) is 7.16. The van der Waals surface area contributed by atoms with Crippen LogP contribution < -0.4 is 0 Å². The van der Waals surface area contributed by atoms with Crippen LogP contribution >= 0.6 is 11.3 Å². The zero-order chi connectivity index (χ0) is 19.8. The predicted molar refractivity (Wildman–Crippen MR) is 104 cm³/mol. The first kappa shape index (κ1) is 18.3. The van der Waals surface area contributed by atoms with Crippen LogP contribution in [0.25, 0.3) is 21.6 Å². The molecule has 0 spiro atoms. The summed E-state index contributed by atoms with van der Waals surface area (Å²) in [5.74, 6) is 0.187. The number of esters is 1. The Bertz CT molecular complexity index is 1130. The maximum absolute atomic E-state index is 13.0. The van der Waals surface area contributed by atoms with E-state index < -0.39 is 12.1 Å². The molecular formula is C19H19N5O3S. The highest BCUT2D eigenvalue weighted by Gasteiger charge is 2.23. The fourth-order valence-electron chi connectivity index (χ4n) is 2.87. The number of hydrogen-bond donors (Lipinski definition) is 0. The van der Waals surface area contributed by atoms with Crippen LogP contribution in [-0.2, 0) is 4.74 Å². The molecule has 4 aromatic heterocycles. The smallest absolute Gasteiger partial charge is 0.339 e. The quantitative estimate of drug-likeness (QED) is 0.462. The van der Waals surface area contributed by atoms with Gasteiger partial charge in [-0.25, -0.2) is 14.5 Å². The summed E-state index contributed by atoms with van der Waals surface area (Å²) in [5.41, 5.74) is 1.76. The van der Waals surface area contributed by atoms with Crippen LogP contribution in [0.5, 0.6) is 0 Å². The van der Waals surface area contributed by atoms with Crippen LogP contribution in [0.4, 0.5) is 0 Å². The molecule has 0 saturated heterocycles. The highest BCUT2D eigenvalue weighted by atomic mass is 32.1. The average molecular weight is 397 g/mol. The van der Waals surface area contributed by atoms with Crippen molar-refractivity contribution in [2.45, 2.75) is 39.8 Å². The van der Waals surface area contributed by atoms with E-state index in [9.17, 15) is 4.79 Å². The van der Waals surface area contributed by atoms with Crippen LogP contribution in [-0.4, -0.2) is 30.9 Å².